The first-order valence-corrected chi connectivity index (χ1v) is 10.3. The van der Waals surface area contributed by atoms with Crippen molar-refractivity contribution in [2.75, 3.05) is 5.43 Å². The van der Waals surface area contributed by atoms with Crippen LogP contribution in [-0.2, 0) is 0 Å². The van der Waals surface area contributed by atoms with Crippen LogP contribution in [0.1, 0.15) is 5.69 Å². The molecule has 5 nitrogen and oxygen atoms in total. The van der Waals surface area contributed by atoms with Gasteiger partial charge < -0.3 is 26.9 Å². The largest absolute Gasteiger partial charge is 1.00 e. The van der Waals surface area contributed by atoms with Gasteiger partial charge in [-0.1, -0.05) is 83.2 Å². The number of H-pyrrole nitrogens is 1. The van der Waals surface area contributed by atoms with E-state index in [1.807, 2.05) is 36.5 Å². The summed E-state index contributed by atoms with van der Waals surface area (Å²) in [6.45, 7) is 0. The maximum absolute atomic E-state index is 4.51. The molecule has 3 heterocycles. The van der Waals surface area contributed by atoms with Crippen molar-refractivity contribution < 1.29 is 27.4 Å². The van der Waals surface area contributed by atoms with Crippen molar-refractivity contribution in [1.29, 1.82) is 0 Å². The van der Waals surface area contributed by atoms with E-state index in [0.717, 1.165) is 33.2 Å². The Morgan fingerprint density at radius 3 is 2.29 bits per heavy atom. The SMILES string of the molecule is C(=N\Nc1[nH+]c(-c2ccccc2)cs1)/c1c(-c2ccccc2)cc2ccccn12.O.[Br-]. The molecular formula is C24H21BrN4OS. The minimum Gasteiger partial charge on any atom is -1.00 e. The Morgan fingerprint density at radius 2 is 1.55 bits per heavy atom. The summed E-state index contributed by atoms with van der Waals surface area (Å²) < 4.78 is 2.15. The molecule has 2 aromatic carbocycles. The van der Waals surface area contributed by atoms with Gasteiger partial charge in [-0.3, -0.25) is 0 Å². The number of pyridine rings is 1. The zero-order chi connectivity index (χ0) is 19.5. The molecule has 0 unspecified atom stereocenters. The predicted molar refractivity (Wildman–Crippen MR) is 124 cm³/mol. The van der Waals surface area contributed by atoms with Crippen LogP contribution in [0.4, 0.5) is 5.13 Å². The maximum atomic E-state index is 4.51. The first kappa shape index (κ1) is 22.4. The van der Waals surface area contributed by atoms with Crippen molar-refractivity contribution in [3.05, 3.63) is 102 Å². The zero-order valence-electron chi connectivity index (χ0n) is 16.5. The standard InChI is InChI=1S/C24H18N4S.BrH.H2O/c1-3-9-18(10-4-1)21-15-20-13-7-8-14-28(20)23(21)16-25-27-24-26-22(17-29-24)19-11-5-2-6-12-19;;/h1-17H,(H,26,27);1H;1H2/b25-16+;;. The number of thiazole rings is 1. The third-order valence-corrected chi connectivity index (χ3v) is 5.57. The van der Waals surface area contributed by atoms with Crippen molar-refractivity contribution in [2.45, 2.75) is 0 Å². The molecule has 7 heteroatoms. The monoisotopic (exact) mass is 492 g/mol. The molecule has 4 N–H and O–H groups in total. The van der Waals surface area contributed by atoms with Crippen molar-refractivity contribution in [3.8, 4) is 22.4 Å². The fourth-order valence-electron chi connectivity index (χ4n) is 3.39. The maximum Gasteiger partial charge on any atom is 0.357 e. The molecule has 0 spiro atoms. The van der Waals surface area contributed by atoms with E-state index in [2.05, 4.69) is 86.1 Å². The summed E-state index contributed by atoms with van der Waals surface area (Å²) in [5.74, 6) is 0. The van der Waals surface area contributed by atoms with Crippen LogP contribution in [0.3, 0.4) is 0 Å². The zero-order valence-corrected chi connectivity index (χ0v) is 18.9. The van der Waals surface area contributed by atoms with Crippen LogP contribution in [0.15, 0.2) is 102 Å². The molecule has 3 aromatic heterocycles. The van der Waals surface area contributed by atoms with E-state index in [4.69, 9.17) is 0 Å². The molecule has 31 heavy (non-hydrogen) atoms. The van der Waals surface area contributed by atoms with Crippen LogP contribution >= 0.6 is 11.3 Å². The lowest BCUT2D eigenvalue weighted by Gasteiger charge is -2.01. The van der Waals surface area contributed by atoms with Gasteiger partial charge in [0, 0.05) is 28.2 Å². The third kappa shape index (κ3) is 4.74. The van der Waals surface area contributed by atoms with E-state index < -0.39 is 0 Å². The van der Waals surface area contributed by atoms with E-state index in [-0.39, 0.29) is 22.5 Å². The Morgan fingerprint density at radius 1 is 0.871 bits per heavy atom. The minimum atomic E-state index is 0. The molecule has 0 fully saturated rings. The predicted octanol–water partition coefficient (Wildman–Crippen LogP) is 1.77. The van der Waals surface area contributed by atoms with E-state index in [1.165, 1.54) is 5.56 Å². The average molecular weight is 493 g/mol. The number of halogens is 1. The highest BCUT2D eigenvalue weighted by atomic mass is 79.9. The first-order chi connectivity index (χ1) is 14.4. The molecular weight excluding hydrogens is 472 g/mol. The molecule has 5 aromatic rings. The summed E-state index contributed by atoms with van der Waals surface area (Å²) in [6.07, 6.45) is 3.94. The lowest BCUT2D eigenvalue weighted by molar-refractivity contribution is -0.341. The van der Waals surface area contributed by atoms with Gasteiger partial charge in [-0.25, -0.2) is 4.98 Å². The van der Waals surface area contributed by atoms with Gasteiger partial charge in [0.15, 0.2) is 0 Å². The van der Waals surface area contributed by atoms with Gasteiger partial charge in [0.25, 0.3) is 0 Å². The van der Waals surface area contributed by atoms with Crippen molar-refractivity contribution in [3.63, 3.8) is 0 Å². The average Bonchev–Trinajstić information content (AvgIpc) is 3.40. The van der Waals surface area contributed by atoms with Crippen LogP contribution in [0.25, 0.3) is 27.9 Å². The van der Waals surface area contributed by atoms with Crippen LogP contribution in [0.5, 0.6) is 0 Å². The van der Waals surface area contributed by atoms with E-state index in [0.29, 0.717) is 0 Å². The van der Waals surface area contributed by atoms with Gasteiger partial charge in [0.05, 0.1) is 11.9 Å². The second-order valence-corrected chi connectivity index (χ2v) is 7.52. The summed E-state index contributed by atoms with van der Waals surface area (Å²) in [5, 5.41) is 7.49. The molecule has 0 aliphatic rings. The lowest BCUT2D eigenvalue weighted by atomic mass is 10.1. The van der Waals surface area contributed by atoms with E-state index in [9.17, 15) is 0 Å². The fraction of sp³-hybridized carbons (Fsp3) is 0. The Hall–Kier alpha value is -3.26. The number of anilines is 1. The highest BCUT2D eigenvalue weighted by Gasteiger charge is 2.12. The summed E-state index contributed by atoms with van der Waals surface area (Å²) >= 11 is 1.60. The van der Waals surface area contributed by atoms with Gasteiger partial charge in [-0.15, -0.1) is 5.43 Å². The molecule has 0 radical (unpaired) electrons. The first-order valence-electron chi connectivity index (χ1n) is 9.39. The summed E-state index contributed by atoms with van der Waals surface area (Å²) in [6, 6.07) is 29.1. The van der Waals surface area contributed by atoms with Gasteiger partial charge in [-0.2, -0.15) is 0 Å². The number of aromatic nitrogens is 2. The van der Waals surface area contributed by atoms with Gasteiger partial charge in [0.1, 0.15) is 5.69 Å². The second-order valence-electron chi connectivity index (χ2n) is 6.64. The van der Waals surface area contributed by atoms with E-state index in [1.54, 1.807) is 11.3 Å². The Bertz CT molecular complexity index is 1280. The van der Waals surface area contributed by atoms with Gasteiger partial charge >= 0.3 is 5.13 Å². The molecule has 0 amide bonds. The third-order valence-electron chi connectivity index (χ3n) is 4.78. The molecule has 156 valence electrons. The summed E-state index contributed by atoms with van der Waals surface area (Å²) in [4.78, 5) is 3.38. The Balaban J connectivity index is 0.00000136. The van der Waals surface area contributed by atoms with Crippen molar-refractivity contribution in [2.24, 2.45) is 5.10 Å². The van der Waals surface area contributed by atoms with Gasteiger partial charge in [0.2, 0.25) is 0 Å². The number of aromatic amines is 1. The second kappa shape index (κ2) is 10.2. The highest BCUT2D eigenvalue weighted by Crippen LogP contribution is 2.27. The van der Waals surface area contributed by atoms with Crippen molar-refractivity contribution >= 4 is 28.2 Å². The van der Waals surface area contributed by atoms with Crippen LogP contribution in [0, 0.1) is 0 Å². The Labute approximate surface area is 194 Å². The van der Waals surface area contributed by atoms with Crippen molar-refractivity contribution in [1.82, 2.24) is 4.40 Å². The van der Waals surface area contributed by atoms with E-state index >= 15 is 0 Å². The highest BCUT2D eigenvalue weighted by molar-refractivity contribution is 7.13. The number of hydrogen-bond donors (Lipinski definition) is 1. The number of nitrogens with one attached hydrogen (secondary N) is 2. The lowest BCUT2D eigenvalue weighted by Crippen LogP contribution is -3.00. The topological polar surface area (TPSA) is 74.4 Å². The molecule has 0 aliphatic carbocycles. The molecule has 0 saturated heterocycles. The summed E-state index contributed by atoms with van der Waals surface area (Å²) in [7, 11) is 0. The molecule has 5 rings (SSSR count). The molecule has 0 bridgehead atoms. The minimum absolute atomic E-state index is 0. The summed E-state index contributed by atoms with van der Waals surface area (Å²) in [5.41, 5.74) is 9.88. The quantitative estimate of drug-likeness (QED) is 0.294. The van der Waals surface area contributed by atoms with Crippen LogP contribution < -0.4 is 27.4 Å². The molecule has 0 saturated carbocycles. The number of benzene rings is 2. The fourth-order valence-corrected chi connectivity index (χ4v) is 4.09. The number of rotatable bonds is 5. The number of nitrogens with zero attached hydrogens (tertiary/aromatic N) is 2. The van der Waals surface area contributed by atoms with Crippen LogP contribution in [0.2, 0.25) is 0 Å². The number of hydrazone groups is 1. The number of fused-ring (bicyclic) bond motifs is 1. The van der Waals surface area contributed by atoms with Crippen LogP contribution in [-0.4, -0.2) is 16.1 Å². The smallest absolute Gasteiger partial charge is 0.357 e. The molecule has 0 aliphatic heterocycles. The molecule has 0 atom stereocenters. The Kier molecular flexibility index (Phi) is 7.36. The number of hydrogen-bond acceptors (Lipinski definition) is 3. The normalized spacial score (nSPS) is 10.6. The van der Waals surface area contributed by atoms with Gasteiger partial charge in [-0.05, 0) is 23.8 Å².